The minimum absolute atomic E-state index is 0.407. The molecule has 1 fully saturated rings. The Kier molecular flexibility index (Phi) is 2.74. The zero-order valence-corrected chi connectivity index (χ0v) is 9.61. The van der Waals surface area contributed by atoms with Crippen molar-refractivity contribution in [1.82, 2.24) is 5.32 Å². The Labute approximate surface area is 96.4 Å². The van der Waals surface area contributed by atoms with Crippen molar-refractivity contribution in [2.45, 2.75) is 56.7 Å². The average Bonchev–Trinajstić information content (AvgIpc) is 2.87. The Bertz CT molecular complexity index is 361. The molecule has 3 atom stereocenters. The van der Waals surface area contributed by atoms with Gasteiger partial charge in [0.05, 0.1) is 6.26 Å². The molecule has 0 spiro atoms. The molecule has 0 aromatic carbocycles. The molecule has 2 aliphatic carbocycles. The van der Waals surface area contributed by atoms with E-state index in [0.717, 1.165) is 12.8 Å². The fourth-order valence-corrected chi connectivity index (χ4v) is 3.11. The normalized spacial score (nSPS) is 33.9. The average molecular weight is 220 g/mol. The summed E-state index contributed by atoms with van der Waals surface area (Å²) in [5, 5.41) is 3.75. The molecule has 0 saturated heterocycles. The van der Waals surface area contributed by atoms with Gasteiger partial charge in [-0.05, 0) is 38.2 Å². The van der Waals surface area contributed by atoms with Crippen molar-refractivity contribution in [3.63, 3.8) is 0 Å². The van der Waals surface area contributed by atoms with E-state index in [0.29, 0.717) is 18.1 Å². The van der Waals surface area contributed by atoms with Crippen LogP contribution in [0.4, 0.5) is 0 Å². The van der Waals surface area contributed by atoms with E-state index in [-0.39, 0.29) is 0 Å². The first-order chi connectivity index (χ1) is 7.83. The van der Waals surface area contributed by atoms with E-state index in [9.17, 15) is 0 Å². The number of fused-ring (bicyclic) bond motifs is 1. The molecule has 0 amide bonds. The van der Waals surface area contributed by atoms with Gasteiger partial charge in [0.1, 0.15) is 5.76 Å². The van der Waals surface area contributed by atoms with Crippen LogP contribution in [-0.4, -0.2) is 12.1 Å². The highest BCUT2D eigenvalue weighted by Crippen LogP contribution is 2.32. The Morgan fingerprint density at radius 3 is 3.06 bits per heavy atom. The summed E-state index contributed by atoms with van der Waals surface area (Å²) >= 11 is 0. The molecule has 2 aliphatic rings. The maximum atomic E-state index is 5.95. The van der Waals surface area contributed by atoms with Crippen LogP contribution in [0.2, 0.25) is 0 Å². The lowest BCUT2D eigenvalue weighted by Gasteiger charge is -2.26. The zero-order valence-electron chi connectivity index (χ0n) is 9.61. The minimum Gasteiger partial charge on any atom is -0.469 e. The van der Waals surface area contributed by atoms with Gasteiger partial charge >= 0.3 is 0 Å². The van der Waals surface area contributed by atoms with Crippen molar-refractivity contribution in [3.05, 3.63) is 23.7 Å². The van der Waals surface area contributed by atoms with Crippen molar-refractivity contribution >= 4 is 0 Å². The molecule has 1 aromatic heterocycles. The van der Waals surface area contributed by atoms with Gasteiger partial charge in [-0.25, -0.2) is 0 Å². The van der Waals surface area contributed by atoms with Gasteiger partial charge in [-0.2, -0.15) is 0 Å². The van der Waals surface area contributed by atoms with Crippen LogP contribution in [0.1, 0.15) is 49.5 Å². The third-order valence-electron chi connectivity index (χ3n) is 3.96. The number of rotatable bonds is 2. The molecular formula is C13H20N2O. The summed E-state index contributed by atoms with van der Waals surface area (Å²) in [7, 11) is 0. The summed E-state index contributed by atoms with van der Waals surface area (Å²) in [6.45, 7) is 0. The fraction of sp³-hybridized carbons (Fsp3) is 0.692. The third kappa shape index (κ3) is 1.89. The van der Waals surface area contributed by atoms with E-state index in [1.54, 1.807) is 0 Å². The van der Waals surface area contributed by atoms with E-state index in [4.69, 9.17) is 10.2 Å². The second-order valence-electron chi connectivity index (χ2n) is 5.18. The summed E-state index contributed by atoms with van der Waals surface area (Å²) < 4.78 is 5.51. The zero-order chi connectivity index (χ0) is 11.0. The molecule has 1 aromatic rings. The number of furan rings is 1. The molecule has 1 heterocycles. The van der Waals surface area contributed by atoms with E-state index in [1.807, 2.05) is 6.26 Å². The van der Waals surface area contributed by atoms with Crippen molar-refractivity contribution < 1.29 is 4.42 Å². The molecule has 88 valence electrons. The molecule has 0 aliphatic heterocycles. The van der Waals surface area contributed by atoms with Crippen LogP contribution in [0.3, 0.4) is 0 Å². The maximum Gasteiger partial charge on any atom is 0.108 e. The SMILES string of the molecule is NC1CCC(NC2CCCc3occc32)C1. The molecular weight excluding hydrogens is 200 g/mol. The van der Waals surface area contributed by atoms with Crippen molar-refractivity contribution in [2.24, 2.45) is 5.73 Å². The minimum atomic E-state index is 0.407. The highest BCUT2D eigenvalue weighted by molar-refractivity contribution is 5.24. The van der Waals surface area contributed by atoms with Crippen LogP contribution in [0, 0.1) is 0 Å². The van der Waals surface area contributed by atoms with Gasteiger partial charge in [-0.3, -0.25) is 0 Å². The molecule has 1 saturated carbocycles. The Morgan fingerprint density at radius 2 is 2.25 bits per heavy atom. The molecule has 3 rings (SSSR count). The van der Waals surface area contributed by atoms with Crippen LogP contribution in [0.25, 0.3) is 0 Å². The van der Waals surface area contributed by atoms with Crippen molar-refractivity contribution in [3.8, 4) is 0 Å². The quantitative estimate of drug-likeness (QED) is 0.802. The second-order valence-corrected chi connectivity index (χ2v) is 5.18. The number of hydrogen-bond donors (Lipinski definition) is 2. The number of hydrogen-bond acceptors (Lipinski definition) is 3. The monoisotopic (exact) mass is 220 g/mol. The molecule has 3 nitrogen and oxygen atoms in total. The number of nitrogens with two attached hydrogens (primary N) is 1. The van der Waals surface area contributed by atoms with Crippen LogP contribution < -0.4 is 11.1 Å². The van der Waals surface area contributed by atoms with Crippen LogP contribution in [-0.2, 0) is 6.42 Å². The molecule has 16 heavy (non-hydrogen) atoms. The van der Waals surface area contributed by atoms with Crippen LogP contribution in [0.5, 0.6) is 0 Å². The van der Waals surface area contributed by atoms with E-state index >= 15 is 0 Å². The first-order valence-electron chi connectivity index (χ1n) is 6.41. The largest absolute Gasteiger partial charge is 0.469 e. The Hall–Kier alpha value is -0.800. The van der Waals surface area contributed by atoms with Crippen molar-refractivity contribution in [2.75, 3.05) is 0 Å². The summed E-state index contributed by atoms with van der Waals surface area (Å²) in [5.74, 6) is 1.19. The molecule has 3 unspecified atom stereocenters. The van der Waals surface area contributed by atoms with Gasteiger partial charge < -0.3 is 15.5 Å². The smallest absolute Gasteiger partial charge is 0.108 e. The van der Waals surface area contributed by atoms with Gasteiger partial charge in [0.2, 0.25) is 0 Å². The van der Waals surface area contributed by atoms with Crippen molar-refractivity contribution in [1.29, 1.82) is 0 Å². The first-order valence-corrected chi connectivity index (χ1v) is 6.41. The van der Waals surface area contributed by atoms with E-state index < -0.39 is 0 Å². The van der Waals surface area contributed by atoms with Gasteiger partial charge in [-0.1, -0.05) is 0 Å². The second kappa shape index (κ2) is 4.22. The lowest BCUT2D eigenvalue weighted by Crippen LogP contribution is -2.33. The summed E-state index contributed by atoms with van der Waals surface area (Å²) in [6.07, 6.45) is 8.92. The van der Waals surface area contributed by atoms with Crippen LogP contribution >= 0.6 is 0 Å². The summed E-state index contributed by atoms with van der Waals surface area (Å²) in [4.78, 5) is 0. The predicted octanol–water partition coefficient (Wildman–Crippen LogP) is 2.13. The highest BCUT2D eigenvalue weighted by atomic mass is 16.3. The maximum absolute atomic E-state index is 5.95. The first kappa shape index (κ1) is 10.4. The van der Waals surface area contributed by atoms with E-state index in [1.165, 1.54) is 37.0 Å². The van der Waals surface area contributed by atoms with Gasteiger partial charge in [0, 0.05) is 30.1 Å². The van der Waals surface area contributed by atoms with Crippen LogP contribution in [0.15, 0.2) is 16.7 Å². The third-order valence-corrected chi connectivity index (χ3v) is 3.96. The van der Waals surface area contributed by atoms with Gasteiger partial charge in [0.25, 0.3) is 0 Å². The Balaban J connectivity index is 1.68. The van der Waals surface area contributed by atoms with Gasteiger partial charge in [0.15, 0.2) is 0 Å². The lowest BCUT2D eigenvalue weighted by atomic mass is 9.92. The van der Waals surface area contributed by atoms with E-state index in [2.05, 4.69) is 11.4 Å². The summed E-state index contributed by atoms with van der Waals surface area (Å²) in [6, 6.07) is 3.64. The lowest BCUT2D eigenvalue weighted by molar-refractivity contribution is 0.372. The summed E-state index contributed by atoms with van der Waals surface area (Å²) in [5.41, 5.74) is 7.33. The predicted molar refractivity (Wildman–Crippen MR) is 63.1 cm³/mol. The molecule has 0 bridgehead atoms. The fourth-order valence-electron chi connectivity index (χ4n) is 3.11. The van der Waals surface area contributed by atoms with Gasteiger partial charge in [-0.15, -0.1) is 0 Å². The number of aryl methyl sites for hydroxylation is 1. The Morgan fingerprint density at radius 1 is 1.31 bits per heavy atom. The molecule has 0 radical (unpaired) electrons. The number of nitrogens with one attached hydrogen (secondary N) is 1. The standard InChI is InChI=1S/C13H20N2O/c14-9-4-5-10(8-9)15-12-2-1-3-13-11(12)6-7-16-13/h6-7,9-10,12,15H,1-5,8,14H2. The highest BCUT2D eigenvalue weighted by Gasteiger charge is 2.28. The molecule has 3 heteroatoms. The topological polar surface area (TPSA) is 51.2 Å². The molecule has 3 N–H and O–H groups in total.